The maximum Gasteiger partial charge on any atom is 0.253 e. The van der Waals surface area contributed by atoms with E-state index in [-0.39, 0.29) is 12.0 Å². The lowest BCUT2D eigenvalue weighted by Gasteiger charge is -2.38. The first-order valence-corrected chi connectivity index (χ1v) is 9.06. The molecule has 2 heterocycles. The number of nitrogens with one attached hydrogen (secondary N) is 1. The van der Waals surface area contributed by atoms with E-state index in [4.69, 9.17) is 4.74 Å². The maximum atomic E-state index is 12.3. The van der Waals surface area contributed by atoms with Crippen molar-refractivity contribution < 1.29 is 9.53 Å². The molecule has 24 heavy (non-hydrogen) atoms. The quantitative estimate of drug-likeness (QED) is 0.921. The normalized spacial score (nSPS) is 22.2. The van der Waals surface area contributed by atoms with Crippen LogP contribution in [-0.2, 0) is 9.53 Å². The van der Waals surface area contributed by atoms with E-state index in [1.165, 1.54) is 11.3 Å². The standard InChI is InChI=1S/C19H29N3O2/c1-14(2)21-6-8-22(9-7-21)17-12-15(3)11-16(13-17)20-19(23)18-5-4-10-24-18/h11-14,18H,4-10H2,1-3H3,(H,20,23). The van der Waals surface area contributed by atoms with Crippen LogP contribution in [0.15, 0.2) is 18.2 Å². The van der Waals surface area contributed by atoms with E-state index >= 15 is 0 Å². The lowest BCUT2D eigenvalue weighted by Crippen LogP contribution is -2.48. The fourth-order valence-electron chi connectivity index (χ4n) is 3.52. The number of aryl methyl sites for hydroxylation is 1. The molecule has 0 radical (unpaired) electrons. The third kappa shape index (κ3) is 4.08. The van der Waals surface area contributed by atoms with Gasteiger partial charge in [-0.15, -0.1) is 0 Å². The predicted octanol–water partition coefficient (Wildman–Crippen LogP) is 2.64. The van der Waals surface area contributed by atoms with Crippen LogP contribution in [0.5, 0.6) is 0 Å². The molecule has 0 bridgehead atoms. The van der Waals surface area contributed by atoms with Crippen LogP contribution in [0.2, 0.25) is 0 Å². The zero-order valence-corrected chi connectivity index (χ0v) is 15.0. The Hall–Kier alpha value is -1.59. The Kier molecular flexibility index (Phi) is 5.41. The average Bonchev–Trinajstić information content (AvgIpc) is 3.09. The van der Waals surface area contributed by atoms with E-state index < -0.39 is 0 Å². The summed E-state index contributed by atoms with van der Waals surface area (Å²) in [5.41, 5.74) is 3.24. The van der Waals surface area contributed by atoms with Gasteiger partial charge in [0, 0.05) is 50.2 Å². The van der Waals surface area contributed by atoms with Gasteiger partial charge in [0.05, 0.1) is 0 Å². The molecule has 2 saturated heterocycles. The average molecular weight is 331 g/mol. The van der Waals surface area contributed by atoms with Crippen LogP contribution in [0.25, 0.3) is 0 Å². The first kappa shape index (κ1) is 17.2. The summed E-state index contributed by atoms with van der Waals surface area (Å²) in [4.78, 5) is 17.2. The summed E-state index contributed by atoms with van der Waals surface area (Å²) in [5.74, 6) is -0.0197. The number of anilines is 2. The Morgan fingerprint density at radius 2 is 1.96 bits per heavy atom. The third-order valence-electron chi connectivity index (χ3n) is 4.96. The summed E-state index contributed by atoms with van der Waals surface area (Å²) < 4.78 is 5.47. The van der Waals surface area contributed by atoms with Crippen molar-refractivity contribution in [1.29, 1.82) is 0 Å². The molecule has 2 aliphatic heterocycles. The Bertz CT molecular complexity index is 574. The number of amides is 1. The van der Waals surface area contributed by atoms with Crippen molar-refractivity contribution in [3.8, 4) is 0 Å². The molecule has 1 aromatic carbocycles. The van der Waals surface area contributed by atoms with Crippen LogP contribution in [0, 0.1) is 6.92 Å². The molecule has 1 amide bonds. The van der Waals surface area contributed by atoms with Gasteiger partial charge >= 0.3 is 0 Å². The highest BCUT2D eigenvalue weighted by atomic mass is 16.5. The highest BCUT2D eigenvalue weighted by Crippen LogP contribution is 2.25. The smallest absolute Gasteiger partial charge is 0.253 e. The van der Waals surface area contributed by atoms with Crippen molar-refractivity contribution in [2.75, 3.05) is 43.0 Å². The topological polar surface area (TPSA) is 44.8 Å². The molecule has 5 nitrogen and oxygen atoms in total. The SMILES string of the molecule is Cc1cc(NC(=O)C2CCCO2)cc(N2CCN(C(C)C)CC2)c1. The number of benzene rings is 1. The lowest BCUT2D eigenvalue weighted by molar-refractivity contribution is -0.124. The molecule has 0 spiro atoms. The van der Waals surface area contributed by atoms with Gasteiger partial charge < -0.3 is 15.0 Å². The fourth-order valence-corrected chi connectivity index (χ4v) is 3.52. The molecule has 1 N–H and O–H groups in total. The second-order valence-corrected chi connectivity index (χ2v) is 7.16. The molecule has 2 aliphatic rings. The molecular weight excluding hydrogens is 302 g/mol. The Morgan fingerprint density at radius 3 is 2.58 bits per heavy atom. The Morgan fingerprint density at radius 1 is 1.21 bits per heavy atom. The molecule has 1 unspecified atom stereocenters. The second-order valence-electron chi connectivity index (χ2n) is 7.16. The minimum absolute atomic E-state index is 0.0197. The van der Waals surface area contributed by atoms with Gasteiger partial charge in [-0.05, 0) is 57.4 Å². The third-order valence-corrected chi connectivity index (χ3v) is 4.96. The first-order valence-electron chi connectivity index (χ1n) is 9.06. The zero-order valence-electron chi connectivity index (χ0n) is 15.0. The van der Waals surface area contributed by atoms with Crippen molar-refractivity contribution in [1.82, 2.24) is 4.90 Å². The number of ether oxygens (including phenoxy) is 1. The fraction of sp³-hybridized carbons (Fsp3) is 0.632. The second kappa shape index (κ2) is 7.53. The van der Waals surface area contributed by atoms with Gasteiger partial charge in [-0.25, -0.2) is 0 Å². The summed E-state index contributed by atoms with van der Waals surface area (Å²) in [6.07, 6.45) is 1.50. The molecule has 2 fully saturated rings. The van der Waals surface area contributed by atoms with Gasteiger partial charge in [0.1, 0.15) is 6.10 Å². The number of hydrogen-bond acceptors (Lipinski definition) is 4. The van der Waals surface area contributed by atoms with Crippen LogP contribution in [0.1, 0.15) is 32.3 Å². The summed E-state index contributed by atoms with van der Waals surface area (Å²) in [6, 6.07) is 6.92. The molecule has 0 aliphatic carbocycles. The molecule has 1 atom stereocenters. The van der Waals surface area contributed by atoms with Crippen molar-refractivity contribution in [2.45, 2.75) is 45.8 Å². The van der Waals surface area contributed by atoms with E-state index in [1.807, 2.05) is 6.07 Å². The highest BCUT2D eigenvalue weighted by molar-refractivity contribution is 5.94. The van der Waals surface area contributed by atoms with Crippen molar-refractivity contribution >= 4 is 17.3 Å². The summed E-state index contributed by atoms with van der Waals surface area (Å²) in [6.45, 7) is 11.5. The van der Waals surface area contributed by atoms with E-state index in [0.717, 1.165) is 44.7 Å². The van der Waals surface area contributed by atoms with Crippen LogP contribution in [-0.4, -0.2) is 55.7 Å². The van der Waals surface area contributed by atoms with Crippen LogP contribution in [0.4, 0.5) is 11.4 Å². The van der Waals surface area contributed by atoms with Gasteiger partial charge in [-0.2, -0.15) is 0 Å². The summed E-state index contributed by atoms with van der Waals surface area (Å²) in [7, 11) is 0. The molecule has 3 rings (SSSR count). The van der Waals surface area contributed by atoms with Crippen molar-refractivity contribution in [3.05, 3.63) is 23.8 Å². The number of hydrogen-bond donors (Lipinski definition) is 1. The van der Waals surface area contributed by atoms with Gasteiger partial charge in [0.25, 0.3) is 5.91 Å². The van der Waals surface area contributed by atoms with Crippen molar-refractivity contribution in [2.24, 2.45) is 0 Å². The zero-order chi connectivity index (χ0) is 17.1. The predicted molar refractivity (Wildman–Crippen MR) is 97.7 cm³/mol. The number of carbonyl (C=O) groups is 1. The minimum Gasteiger partial charge on any atom is -0.369 e. The van der Waals surface area contributed by atoms with Gasteiger partial charge in [-0.1, -0.05) is 0 Å². The molecule has 5 heteroatoms. The van der Waals surface area contributed by atoms with E-state index in [2.05, 4.69) is 48.0 Å². The molecule has 0 saturated carbocycles. The number of nitrogens with zero attached hydrogens (tertiary/aromatic N) is 2. The molecule has 1 aromatic rings. The summed E-state index contributed by atoms with van der Waals surface area (Å²) >= 11 is 0. The van der Waals surface area contributed by atoms with E-state index in [1.54, 1.807) is 0 Å². The molecular formula is C19H29N3O2. The van der Waals surface area contributed by atoms with Crippen LogP contribution >= 0.6 is 0 Å². The lowest BCUT2D eigenvalue weighted by atomic mass is 10.1. The molecule has 0 aromatic heterocycles. The van der Waals surface area contributed by atoms with Gasteiger partial charge in [0.2, 0.25) is 0 Å². The van der Waals surface area contributed by atoms with Crippen LogP contribution < -0.4 is 10.2 Å². The van der Waals surface area contributed by atoms with Gasteiger partial charge in [0.15, 0.2) is 0 Å². The number of rotatable bonds is 4. The van der Waals surface area contributed by atoms with Crippen LogP contribution in [0.3, 0.4) is 0 Å². The van der Waals surface area contributed by atoms with E-state index in [9.17, 15) is 4.79 Å². The minimum atomic E-state index is -0.288. The number of piperazine rings is 1. The van der Waals surface area contributed by atoms with E-state index in [0.29, 0.717) is 12.6 Å². The summed E-state index contributed by atoms with van der Waals surface area (Å²) in [5, 5.41) is 3.03. The first-order chi connectivity index (χ1) is 11.5. The highest BCUT2D eigenvalue weighted by Gasteiger charge is 2.24. The largest absolute Gasteiger partial charge is 0.369 e. The maximum absolute atomic E-state index is 12.3. The Labute approximate surface area is 145 Å². The number of carbonyl (C=O) groups excluding carboxylic acids is 1. The van der Waals surface area contributed by atoms with Crippen molar-refractivity contribution in [3.63, 3.8) is 0 Å². The Balaban J connectivity index is 1.66. The monoisotopic (exact) mass is 331 g/mol. The molecule has 132 valence electrons. The van der Waals surface area contributed by atoms with Gasteiger partial charge in [-0.3, -0.25) is 9.69 Å².